The summed E-state index contributed by atoms with van der Waals surface area (Å²) in [6, 6.07) is 9.35. The molecule has 1 N–H and O–H groups in total. The molecule has 0 saturated carbocycles. The maximum Gasteiger partial charge on any atom is 0.335 e. The van der Waals surface area contributed by atoms with Gasteiger partial charge >= 0.3 is 11.7 Å². The molecule has 0 heterocycles. The third-order valence-corrected chi connectivity index (χ3v) is 2.61. The molecule has 0 unspecified atom stereocenters. The molecule has 96 valence electrons. The Morgan fingerprint density at radius 3 is 2.16 bits per heavy atom. The average Bonchev–Trinajstić information content (AvgIpc) is 2.38. The SMILES string of the molecule is O=C(O)c1ccc(-c2ccc([N+](=O)[O-])c(F)c2)cc1. The highest BCUT2D eigenvalue weighted by Gasteiger charge is 2.14. The van der Waals surface area contributed by atoms with Gasteiger partial charge in [0.2, 0.25) is 5.82 Å². The molecule has 0 aliphatic heterocycles. The van der Waals surface area contributed by atoms with Gasteiger partial charge in [-0.2, -0.15) is 4.39 Å². The van der Waals surface area contributed by atoms with E-state index < -0.39 is 22.4 Å². The lowest BCUT2D eigenvalue weighted by Gasteiger charge is -2.03. The summed E-state index contributed by atoms with van der Waals surface area (Å²) in [6.07, 6.45) is 0. The molecule has 2 aromatic rings. The van der Waals surface area contributed by atoms with Crippen molar-refractivity contribution in [3.8, 4) is 11.1 Å². The molecule has 6 heteroatoms. The molecular formula is C13H8FNO4. The van der Waals surface area contributed by atoms with E-state index in [0.717, 1.165) is 12.1 Å². The Labute approximate surface area is 107 Å². The third-order valence-electron chi connectivity index (χ3n) is 2.61. The van der Waals surface area contributed by atoms with Gasteiger partial charge in [-0.1, -0.05) is 12.1 Å². The minimum absolute atomic E-state index is 0.117. The zero-order chi connectivity index (χ0) is 14.0. The van der Waals surface area contributed by atoms with Gasteiger partial charge in [0, 0.05) is 6.07 Å². The van der Waals surface area contributed by atoms with E-state index in [0.29, 0.717) is 11.1 Å². The fourth-order valence-electron chi connectivity index (χ4n) is 1.64. The predicted octanol–water partition coefficient (Wildman–Crippen LogP) is 3.10. The van der Waals surface area contributed by atoms with Crippen LogP contribution < -0.4 is 0 Å². The van der Waals surface area contributed by atoms with Crippen LogP contribution in [-0.4, -0.2) is 16.0 Å². The van der Waals surface area contributed by atoms with Crippen LogP contribution in [-0.2, 0) is 0 Å². The normalized spacial score (nSPS) is 10.2. The summed E-state index contributed by atoms with van der Waals surface area (Å²) in [5.41, 5.74) is 0.552. The second kappa shape index (κ2) is 4.85. The fourth-order valence-corrected chi connectivity index (χ4v) is 1.64. The molecule has 2 aromatic carbocycles. The third kappa shape index (κ3) is 2.57. The Morgan fingerprint density at radius 2 is 1.68 bits per heavy atom. The summed E-state index contributed by atoms with van der Waals surface area (Å²) in [4.78, 5) is 20.4. The van der Waals surface area contributed by atoms with Crippen molar-refractivity contribution < 1.29 is 19.2 Å². The predicted molar refractivity (Wildman–Crippen MR) is 65.4 cm³/mol. The van der Waals surface area contributed by atoms with Crippen molar-refractivity contribution in [2.45, 2.75) is 0 Å². The summed E-state index contributed by atoms with van der Waals surface area (Å²) in [5, 5.41) is 19.2. The standard InChI is InChI=1S/C13H8FNO4/c14-11-7-10(5-6-12(11)15(18)19)8-1-3-9(4-2-8)13(16)17/h1-7H,(H,16,17). The van der Waals surface area contributed by atoms with Gasteiger partial charge in [-0.25, -0.2) is 4.79 Å². The highest BCUT2D eigenvalue weighted by atomic mass is 19.1. The van der Waals surface area contributed by atoms with E-state index in [1.54, 1.807) is 0 Å². The van der Waals surface area contributed by atoms with Crippen LogP contribution in [0.15, 0.2) is 42.5 Å². The van der Waals surface area contributed by atoms with Gasteiger partial charge in [0.15, 0.2) is 0 Å². The first-order valence-electron chi connectivity index (χ1n) is 5.26. The first kappa shape index (κ1) is 12.7. The van der Waals surface area contributed by atoms with Gasteiger partial charge in [0.25, 0.3) is 0 Å². The molecule has 0 fully saturated rings. The van der Waals surface area contributed by atoms with Crippen molar-refractivity contribution in [3.63, 3.8) is 0 Å². The summed E-state index contributed by atoms with van der Waals surface area (Å²) in [5.74, 6) is -1.98. The van der Waals surface area contributed by atoms with E-state index in [1.165, 1.54) is 30.3 Å². The van der Waals surface area contributed by atoms with Crippen LogP contribution >= 0.6 is 0 Å². The second-order valence-corrected chi connectivity index (χ2v) is 3.81. The molecule has 0 radical (unpaired) electrons. The summed E-state index contributed by atoms with van der Waals surface area (Å²) in [6.45, 7) is 0. The zero-order valence-electron chi connectivity index (χ0n) is 9.54. The van der Waals surface area contributed by atoms with Gasteiger partial charge < -0.3 is 5.11 Å². The molecule has 0 bridgehead atoms. The average molecular weight is 261 g/mol. The number of carboxylic acid groups (broad SMARTS) is 1. The van der Waals surface area contributed by atoms with Crippen molar-refractivity contribution in [2.75, 3.05) is 0 Å². The van der Waals surface area contributed by atoms with E-state index in [-0.39, 0.29) is 5.56 Å². The number of rotatable bonds is 3. The van der Waals surface area contributed by atoms with Crippen LogP contribution in [0.5, 0.6) is 0 Å². The Kier molecular flexibility index (Phi) is 3.24. The molecular weight excluding hydrogens is 253 g/mol. The van der Waals surface area contributed by atoms with Gasteiger partial charge in [-0.05, 0) is 35.4 Å². The van der Waals surface area contributed by atoms with Crippen LogP contribution in [0.1, 0.15) is 10.4 Å². The molecule has 0 atom stereocenters. The number of nitrogens with zero attached hydrogens (tertiary/aromatic N) is 1. The number of benzene rings is 2. The molecule has 19 heavy (non-hydrogen) atoms. The number of halogens is 1. The van der Waals surface area contributed by atoms with E-state index in [2.05, 4.69) is 0 Å². The summed E-state index contributed by atoms with van der Waals surface area (Å²) in [7, 11) is 0. The molecule has 5 nitrogen and oxygen atoms in total. The monoisotopic (exact) mass is 261 g/mol. The Bertz CT molecular complexity index is 652. The number of aromatic carboxylic acids is 1. The first-order valence-corrected chi connectivity index (χ1v) is 5.26. The van der Waals surface area contributed by atoms with Gasteiger partial charge in [-0.15, -0.1) is 0 Å². The van der Waals surface area contributed by atoms with E-state index in [9.17, 15) is 19.3 Å². The molecule has 0 amide bonds. The van der Waals surface area contributed by atoms with Gasteiger partial charge in [-0.3, -0.25) is 10.1 Å². The Morgan fingerprint density at radius 1 is 1.11 bits per heavy atom. The van der Waals surface area contributed by atoms with E-state index in [4.69, 9.17) is 5.11 Å². The summed E-state index contributed by atoms with van der Waals surface area (Å²) >= 11 is 0. The lowest BCUT2D eigenvalue weighted by atomic mass is 10.0. The van der Waals surface area contributed by atoms with Crippen molar-refractivity contribution in [1.29, 1.82) is 0 Å². The maximum absolute atomic E-state index is 13.5. The second-order valence-electron chi connectivity index (χ2n) is 3.81. The van der Waals surface area contributed by atoms with Crippen molar-refractivity contribution in [3.05, 3.63) is 64.0 Å². The number of hydrogen-bond acceptors (Lipinski definition) is 3. The van der Waals surface area contributed by atoms with Crippen LogP contribution in [0.2, 0.25) is 0 Å². The number of hydrogen-bond donors (Lipinski definition) is 1. The number of nitro benzene ring substituents is 1. The minimum Gasteiger partial charge on any atom is -0.478 e. The smallest absolute Gasteiger partial charge is 0.335 e. The highest BCUT2D eigenvalue weighted by molar-refractivity contribution is 5.88. The maximum atomic E-state index is 13.5. The van der Waals surface area contributed by atoms with Crippen LogP contribution in [0.25, 0.3) is 11.1 Å². The molecule has 0 aromatic heterocycles. The Balaban J connectivity index is 2.39. The molecule has 0 saturated heterocycles. The minimum atomic E-state index is -1.05. The fraction of sp³-hybridized carbons (Fsp3) is 0. The van der Waals surface area contributed by atoms with Crippen LogP contribution in [0, 0.1) is 15.9 Å². The lowest BCUT2D eigenvalue weighted by molar-refractivity contribution is -0.387. The zero-order valence-corrected chi connectivity index (χ0v) is 9.54. The lowest BCUT2D eigenvalue weighted by Crippen LogP contribution is -1.95. The van der Waals surface area contributed by atoms with Crippen LogP contribution in [0.4, 0.5) is 10.1 Å². The first-order chi connectivity index (χ1) is 8.99. The quantitative estimate of drug-likeness (QED) is 0.680. The summed E-state index contributed by atoms with van der Waals surface area (Å²) < 4.78 is 13.5. The topological polar surface area (TPSA) is 80.4 Å². The molecule has 0 aliphatic rings. The van der Waals surface area contributed by atoms with Crippen molar-refractivity contribution in [2.24, 2.45) is 0 Å². The number of nitro groups is 1. The van der Waals surface area contributed by atoms with E-state index in [1.807, 2.05) is 0 Å². The molecule has 2 rings (SSSR count). The number of carboxylic acids is 1. The van der Waals surface area contributed by atoms with Crippen molar-refractivity contribution in [1.82, 2.24) is 0 Å². The largest absolute Gasteiger partial charge is 0.478 e. The van der Waals surface area contributed by atoms with E-state index >= 15 is 0 Å². The van der Waals surface area contributed by atoms with Gasteiger partial charge in [0.1, 0.15) is 0 Å². The number of carbonyl (C=O) groups is 1. The molecule has 0 spiro atoms. The highest BCUT2D eigenvalue weighted by Crippen LogP contribution is 2.25. The van der Waals surface area contributed by atoms with Crippen LogP contribution in [0.3, 0.4) is 0 Å². The molecule has 0 aliphatic carbocycles. The van der Waals surface area contributed by atoms with Crippen molar-refractivity contribution >= 4 is 11.7 Å². The van der Waals surface area contributed by atoms with Gasteiger partial charge in [0.05, 0.1) is 10.5 Å². The Hall–Kier alpha value is -2.76.